The zero-order chi connectivity index (χ0) is 14.5. The highest BCUT2D eigenvalue weighted by Crippen LogP contribution is 2.23. The third-order valence-corrected chi connectivity index (χ3v) is 3.59. The average molecular weight is 288 g/mol. The summed E-state index contributed by atoms with van der Waals surface area (Å²) in [5, 5.41) is 2.18. The van der Waals surface area contributed by atoms with Crippen LogP contribution >= 0.6 is 11.6 Å². The third-order valence-electron chi connectivity index (χ3n) is 3.14. The number of halogens is 1. The van der Waals surface area contributed by atoms with Crippen molar-refractivity contribution < 1.29 is 4.79 Å². The smallest absolute Gasteiger partial charge is 0.246 e. The molecule has 2 aromatic carbocycles. The van der Waals surface area contributed by atoms with E-state index in [2.05, 4.69) is 25.2 Å². The molecule has 0 aliphatic heterocycles. The maximum Gasteiger partial charge on any atom is 0.246 e. The van der Waals surface area contributed by atoms with Crippen molar-refractivity contribution in [1.29, 1.82) is 0 Å². The number of anilines is 1. The molecule has 2 nitrogen and oxygen atoms in total. The number of carbonyl (C=O) groups excluding carboxylic acids is 1. The summed E-state index contributed by atoms with van der Waals surface area (Å²) in [6, 6.07) is 17.2. The zero-order valence-electron chi connectivity index (χ0n) is 11.6. The van der Waals surface area contributed by atoms with Gasteiger partial charge in [-0.25, -0.2) is 0 Å². The topological polar surface area (TPSA) is 29.1 Å². The predicted octanol–water partition coefficient (Wildman–Crippen LogP) is 4.73. The van der Waals surface area contributed by atoms with Gasteiger partial charge in [0, 0.05) is 5.69 Å². The van der Waals surface area contributed by atoms with Gasteiger partial charge in [0.15, 0.2) is 0 Å². The SMILES string of the molecule is CC(C)c1cccc(NC(=O)C(Cl)c2ccccc2)c1. The standard InChI is InChI=1S/C17H18ClNO/c1-12(2)14-9-6-10-15(11-14)19-17(20)16(18)13-7-4-3-5-8-13/h3-12,16H,1-2H3,(H,19,20). The van der Waals surface area contributed by atoms with Crippen LogP contribution in [0.1, 0.15) is 36.3 Å². The molecule has 0 radical (unpaired) electrons. The second-order valence-electron chi connectivity index (χ2n) is 5.04. The Hall–Kier alpha value is -1.80. The highest BCUT2D eigenvalue weighted by molar-refractivity contribution is 6.32. The van der Waals surface area contributed by atoms with Gasteiger partial charge in [-0.05, 0) is 29.2 Å². The molecule has 20 heavy (non-hydrogen) atoms. The van der Waals surface area contributed by atoms with E-state index >= 15 is 0 Å². The number of rotatable bonds is 4. The molecule has 1 N–H and O–H groups in total. The van der Waals surface area contributed by atoms with Crippen molar-refractivity contribution in [2.75, 3.05) is 5.32 Å². The molecule has 104 valence electrons. The lowest BCUT2D eigenvalue weighted by Gasteiger charge is -2.12. The summed E-state index contributed by atoms with van der Waals surface area (Å²) in [6.07, 6.45) is 0. The minimum absolute atomic E-state index is 0.209. The molecule has 0 aliphatic carbocycles. The first-order chi connectivity index (χ1) is 9.58. The Morgan fingerprint density at radius 3 is 2.30 bits per heavy atom. The van der Waals surface area contributed by atoms with Crippen LogP contribution in [-0.2, 0) is 4.79 Å². The number of alkyl halides is 1. The van der Waals surface area contributed by atoms with Gasteiger partial charge in [-0.15, -0.1) is 11.6 Å². The summed E-state index contributed by atoms with van der Waals surface area (Å²) in [5.41, 5.74) is 2.77. The van der Waals surface area contributed by atoms with E-state index in [-0.39, 0.29) is 5.91 Å². The maximum absolute atomic E-state index is 12.2. The Labute approximate surface area is 124 Å². The van der Waals surface area contributed by atoms with Crippen molar-refractivity contribution in [2.24, 2.45) is 0 Å². The van der Waals surface area contributed by atoms with Gasteiger partial charge in [-0.3, -0.25) is 4.79 Å². The average Bonchev–Trinajstić information content (AvgIpc) is 2.47. The fourth-order valence-electron chi connectivity index (χ4n) is 1.95. The van der Waals surface area contributed by atoms with E-state index in [0.29, 0.717) is 5.92 Å². The van der Waals surface area contributed by atoms with E-state index in [9.17, 15) is 4.79 Å². The van der Waals surface area contributed by atoms with Crippen LogP contribution in [0.25, 0.3) is 0 Å². The van der Waals surface area contributed by atoms with Gasteiger partial charge in [0.25, 0.3) is 0 Å². The molecule has 0 aromatic heterocycles. The Morgan fingerprint density at radius 1 is 1.00 bits per heavy atom. The maximum atomic E-state index is 12.2. The molecule has 0 saturated heterocycles. The van der Waals surface area contributed by atoms with Crippen LogP contribution < -0.4 is 5.32 Å². The van der Waals surface area contributed by atoms with Crippen LogP contribution in [0.5, 0.6) is 0 Å². The van der Waals surface area contributed by atoms with Crippen LogP contribution in [0.15, 0.2) is 54.6 Å². The molecule has 3 heteroatoms. The van der Waals surface area contributed by atoms with E-state index in [4.69, 9.17) is 11.6 Å². The van der Waals surface area contributed by atoms with Gasteiger partial charge < -0.3 is 5.32 Å². The number of nitrogens with one attached hydrogen (secondary N) is 1. The van der Waals surface area contributed by atoms with Crippen molar-refractivity contribution >= 4 is 23.2 Å². The largest absolute Gasteiger partial charge is 0.325 e. The van der Waals surface area contributed by atoms with Crippen LogP contribution in [-0.4, -0.2) is 5.91 Å². The van der Waals surface area contributed by atoms with E-state index < -0.39 is 5.38 Å². The third kappa shape index (κ3) is 3.61. The molecule has 0 fully saturated rings. The number of benzene rings is 2. The van der Waals surface area contributed by atoms with Crippen LogP contribution in [0.2, 0.25) is 0 Å². The monoisotopic (exact) mass is 287 g/mol. The van der Waals surface area contributed by atoms with E-state index in [1.807, 2.05) is 48.5 Å². The van der Waals surface area contributed by atoms with Crippen molar-refractivity contribution in [1.82, 2.24) is 0 Å². The summed E-state index contributed by atoms with van der Waals surface area (Å²) < 4.78 is 0. The van der Waals surface area contributed by atoms with Crippen LogP contribution in [0.3, 0.4) is 0 Å². The minimum atomic E-state index is -0.682. The van der Waals surface area contributed by atoms with E-state index in [1.165, 1.54) is 5.56 Å². The molecule has 2 aromatic rings. The highest BCUT2D eigenvalue weighted by Gasteiger charge is 2.17. The van der Waals surface area contributed by atoms with Gasteiger partial charge >= 0.3 is 0 Å². The molecule has 0 heterocycles. The van der Waals surface area contributed by atoms with E-state index in [0.717, 1.165) is 11.3 Å². The van der Waals surface area contributed by atoms with Gasteiger partial charge in [0.1, 0.15) is 5.38 Å². The van der Waals surface area contributed by atoms with Crippen molar-refractivity contribution in [3.63, 3.8) is 0 Å². The number of hydrogen-bond acceptors (Lipinski definition) is 1. The molecular weight excluding hydrogens is 270 g/mol. The second-order valence-corrected chi connectivity index (χ2v) is 5.48. The zero-order valence-corrected chi connectivity index (χ0v) is 12.4. The fraction of sp³-hybridized carbons (Fsp3) is 0.235. The summed E-state index contributed by atoms with van der Waals surface area (Å²) in [6.45, 7) is 4.24. The lowest BCUT2D eigenvalue weighted by atomic mass is 10.0. The summed E-state index contributed by atoms with van der Waals surface area (Å²) >= 11 is 6.20. The Bertz CT molecular complexity index is 581. The van der Waals surface area contributed by atoms with E-state index in [1.54, 1.807) is 0 Å². The fourth-order valence-corrected chi connectivity index (χ4v) is 2.15. The lowest BCUT2D eigenvalue weighted by Crippen LogP contribution is -2.17. The summed E-state index contributed by atoms with van der Waals surface area (Å²) in [4.78, 5) is 12.2. The van der Waals surface area contributed by atoms with Crippen molar-refractivity contribution in [3.8, 4) is 0 Å². The van der Waals surface area contributed by atoms with Gasteiger partial charge in [0.2, 0.25) is 5.91 Å². The first kappa shape index (κ1) is 14.6. The quantitative estimate of drug-likeness (QED) is 0.809. The molecule has 0 saturated carbocycles. The first-order valence-electron chi connectivity index (χ1n) is 6.68. The minimum Gasteiger partial charge on any atom is -0.325 e. The van der Waals surface area contributed by atoms with Crippen molar-refractivity contribution in [2.45, 2.75) is 25.1 Å². The lowest BCUT2D eigenvalue weighted by molar-refractivity contribution is -0.116. The first-order valence-corrected chi connectivity index (χ1v) is 7.11. The van der Waals surface area contributed by atoms with Crippen LogP contribution in [0, 0.1) is 0 Å². The number of carbonyl (C=O) groups is 1. The molecule has 1 unspecified atom stereocenters. The van der Waals surface area contributed by atoms with Crippen molar-refractivity contribution in [3.05, 3.63) is 65.7 Å². The Kier molecular flexibility index (Phi) is 4.80. The molecule has 0 bridgehead atoms. The van der Waals surface area contributed by atoms with Gasteiger partial charge in [0.05, 0.1) is 0 Å². The molecule has 2 rings (SSSR count). The molecule has 0 spiro atoms. The van der Waals surface area contributed by atoms with Gasteiger partial charge in [-0.2, -0.15) is 0 Å². The highest BCUT2D eigenvalue weighted by atomic mass is 35.5. The Balaban J connectivity index is 2.10. The normalized spacial score (nSPS) is 12.2. The molecular formula is C17H18ClNO. The Morgan fingerprint density at radius 2 is 1.65 bits per heavy atom. The van der Waals surface area contributed by atoms with Crippen LogP contribution in [0.4, 0.5) is 5.69 Å². The predicted molar refractivity (Wildman–Crippen MR) is 84.2 cm³/mol. The van der Waals surface area contributed by atoms with Gasteiger partial charge in [-0.1, -0.05) is 56.3 Å². The summed E-state index contributed by atoms with van der Waals surface area (Å²) in [7, 11) is 0. The molecule has 1 amide bonds. The number of amides is 1. The second kappa shape index (κ2) is 6.58. The summed E-state index contributed by atoms with van der Waals surface area (Å²) in [5.74, 6) is 0.214. The number of hydrogen-bond donors (Lipinski definition) is 1. The molecule has 1 atom stereocenters. The molecule has 0 aliphatic rings.